The zero-order valence-electron chi connectivity index (χ0n) is 11.2. The van der Waals surface area contributed by atoms with Crippen LogP contribution in [0.2, 0.25) is 0 Å². The normalized spacial score (nSPS) is 11.4. The molecule has 2 aromatic carbocycles. The summed E-state index contributed by atoms with van der Waals surface area (Å²) in [4.78, 5) is 7.31. The van der Waals surface area contributed by atoms with E-state index in [0.717, 1.165) is 17.7 Å². The summed E-state index contributed by atoms with van der Waals surface area (Å²) in [5.41, 5.74) is 3.05. The zero-order chi connectivity index (χ0) is 14.3. The van der Waals surface area contributed by atoms with Crippen LogP contribution in [0.5, 0.6) is 0 Å². The van der Waals surface area contributed by atoms with Gasteiger partial charge in [-0.15, -0.1) is 0 Å². The minimum atomic E-state index is -0.884. The summed E-state index contributed by atoms with van der Waals surface area (Å²) in [5.74, 6) is -0.684. The number of rotatable bonds is 2. The summed E-state index contributed by atoms with van der Waals surface area (Å²) in [5, 5.41) is 0. The predicted molar refractivity (Wildman–Crippen MR) is 75.5 cm³/mol. The SMILES string of the molecule is CC(C)c1ccc(-c2nc3cc(F)c(F)cc3[nH]2)cc1. The van der Waals surface area contributed by atoms with Crippen molar-refractivity contribution < 1.29 is 8.78 Å². The molecule has 0 unspecified atom stereocenters. The van der Waals surface area contributed by atoms with Crippen molar-refractivity contribution in [3.8, 4) is 11.4 Å². The first kappa shape index (κ1) is 12.8. The van der Waals surface area contributed by atoms with Crippen LogP contribution in [0.4, 0.5) is 8.78 Å². The lowest BCUT2D eigenvalue weighted by Gasteiger charge is -2.05. The van der Waals surface area contributed by atoms with E-state index in [-0.39, 0.29) is 0 Å². The van der Waals surface area contributed by atoms with Crippen molar-refractivity contribution in [3.05, 3.63) is 53.6 Å². The maximum absolute atomic E-state index is 13.2. The van der Waals surface area contributed by atoms with Gasteiger partial charge in [-0.1, -0.05) is 38.1 Å². The number of benzene rings is 2. The number of nitrogens with one attached hydrogen (secondary N) is 1. The maximum Gasteiger partial charge on any atom is 0.161 e. The van der Waals surface area contributed by atoms with E-state index < -0.39 is 11.6 Å². The lowest BCUT2D eigenvalue weighted by Crippen LogP contribution is -1.87. The second kappa shape index (κ2) is 4.71. The van der Waals surface area contributed by atoms with Crippen molar-refractivity contribution in [3.63, 3.8) is 0 Å². The molecule has 0 amide bonds. The summed E-state index contributed by atoms with van der Waals surface area (Å²) in [6.45, 7) is 4.25. The summed E-state index contributed by atoms with van der Waals surface area (Å²) < 4.78 is 26.4. The monoisotopic (exact) mass is 272 g/mol. The Bertz CT molecular complexity index is 719. The van der Waals surface area contributed by atoms with Crippen LogP contribution in [0.3, 0.4) is 0 Å². The fraction of sp³-hybridized carbons (Fsp3) is 0.188. The van der Waals surface area contributed by atoms with Gasteiger partial charge in [-0.25, -0.2) is 13.8 Å². The molecular formula is C16H14F2N2. The van der Waals surface area contributed by atoms with Gasteiger partial charge >= 0.3 is 0 Å². The Labute approximate surface area is 115 Å². The topological polar surface area (TPSA) is 28.7 Å². The Hall–Kier alpha value is -2.23. The van der Waals surface area contributed by atoms with Gasteiger partial charge in [0.25, 0.3) is 0 Å². The molecule has 0 saturated heterocycles. The molecule has 0 saturated carbocycles. The van der Waals surface area contributed by atoms with Crippen LogP contribution >= 0.6 is 0 Å². The van der Waals surface area contributed by atoms with E-state index in [1.54, 1.807) is 0 Å². The third-order valence-electron chi connectivity index (χ3n) is 3.37. The first-order valence-corrected chi connectivity index (χ1v) is 6.49. The minimum absolute atomic E-state index is 0.423. The molecule has 102 valence electrons. The van der Waals surface area contributed by atoms with E-state index in [2.05, 4.69) is 23.8 Å². The van der Waals surface area contributed by atoms with Crippen molar-refractivity contribution in [1.82, 2.24) is 9.97 Å². The molecule has 0 spiro atoms. The predicted octanol–water partition coefficient (Wildman–Crippen LogP) is 4.63. The maximum atomic E-state index is 13.2. The van der Waals surface area contributed by atoms with Crippen LogP contribution in [0.1, 0.15) is 25.3 Å². The number of fused-ring (bicyclic) bond motifs is 1. The smallest absolute Gasteiger partial charge is 0.161 e. The van der Waals surface area contributed by atoms with Crippen molar-refractivity contribution in [2.45, 2.75) is 19.8 Å². The molecule has 0 aliphatic rings. The van der Waals surface area contributed by atoms with Crippen molar-refractivity contribution in [2.75, 3.05) is 0 Å². The van der Waals surface area contributed by atoms with E-state index in [9.17, 15) is 8.78 Å². The molecule has 20 heavy (non-hydrogen) atoms. The van der Waals surface area contributed by atoms with Gasteiger partial charge in [-0.05, 0) is 11.5 Å². The number of aromatic amines is 1. The number of imidazole rings is 1. The number of hydrogen-bond donors (Lipinski definition) is 1. The molecule has 0 aliphatic carbocycles. The van der Waals surface area contributed by atoms with Crippen LogP contribution in [-0.4, -0.2) is 9.97 Å². The molecule has 3 aromatic rings. The molecular weight excluding hydrogens is 258 g/mol. The fourth-order valence-corrected chi connectivity index (χ4v) is 2.17. The number of halogens is 2. The fourth-order valence-electron chi connectivity index (χ4n) is 2.17. The average molecular weight is 272 g/mol. The van der Waals surface area contributed by atoms with Crippen LogP contribution in [0, 0.1) is 11.6 Å². The second-order valence-corrected chi connectivity index (χ2v) is 5.15. The molecule has 1 aromatic heterocycles. The molecule has 0 bridgehead atoms. The van der Waals surface area contributed by atoms with Crippen LogP contribution < -0.4 is 0 Å². The molecule has 1 heterocycles. The Kier molecular flexibility index (Phi) is 3.01. The highest BCUT2D eigenvalue weighted by Crippen LogP contribution is 2.24. The van der Waals surface area contributed by atoms with Gasteiger partial charge in [-0.2, -0.15) is 0 Å². The summed E-state index contributed by atoms with van der Waals surface area (Å²) in [6.07, 6.45) is 0. The first-order valence-electron chi connectivity index (χ1n) is 6.49. The van der Waals surface area contributed by atoms with Gasteiger partial charge < -0.3 is 4.98 Å². The number of aromatic nitrogens is 2. The highest BCUT2D eigenvalue weighted by molar-refractivity contribution is 5.79. The third kappa shape index (κ3) is 2.18. The molecule has 0 aliphatic heterocycles. The molecule has 1 N–H and O–H groups in total. The standard InChI is InChI=1S/C16H14F2N2/c1-9(2)10-3-5-11(6-4-10)16-19-14-7-12(17)13(18)8-15(14)20-16/h3-9H,1-2H3,(H,19,20). The van der Waals surface area contributed by atoms with Gasteiger partial charge in [0.1, 0.15) is 5.82 Å². The van der Waals surface area contributed by atoms with Crippen molar-refractivity contribution >= 4 is 11.0 Å². The van der Waals surface area contributed by atoms with Crippen LogP contribution in [-0.2, 0) is 0 Å². The van der Waals surface area contributed by atoms with Gasteiger partial charge in [0.05, 0.1) is 11.0 Å². The number of hydrogen-bond acceptors (Lipinski definition) is 1. The van der Waals surface area contributed by atoms with Gasteiger partial charge in [0.15, 0.2) is 11.6 Å². The van der Waals surface area contributed by atoms with E-state index in [1.807, 2.05) is 24.3 Å². The lowest BCUT2D eigenvalue weighted by molar-refractivity contribution is 0.510. The molecule has 0 radical (unpaired) electrons. The van der Waals surface area contributed by atoms with Gasteiger partial charge in [-0.3, -0.25) is 0 Å². The molecule has 4 heteroatoms. The highest BCUT2D eigenvalue weighted by atomic mass is 19.2. The van der Waals surface area contributed by atoms with E-state index >= 15 is 0 Å². The van der Waals surface area contributed by atoms with E-state index in [1.165, 1.54) is 5.56 Å². The minimum Gasteiger partial charge on any atom is -0.338 e. The van der Waals surface area contributed by atoms with Crippen LogP contribution in [0.15, 0.2) is 36.4 Å². The number of nitrogens with zero attached hydrogens (tertiary/aromatic N) is 1. The van der Waals surface area contributed by atoms with Gasteiger partial charge in [0, 0.05) is 17.7 Å². The molecule has 2 nitrogen and oxygen atoms in total. The zero-order valence-corrected chi connectivity index (χ0v) is 11.2. The molecule has 0 atom stereocenters. The van der Waals surface area contributed by atoms with Crippen molar-refractivity contribution in [1.29, 1.82) is 0 Å². The Morgan fingerprint density at radius 1 is 1.00 bits per heavy atom. The largest absolute Gasteiger partial charge is 0.338 e. The quantitative estimate of drug-likeness (QED) is 0.723. The third-order valence-corrected chi connectivity index (χ3v) is 3.37. The number of H-pyrrole nitrogens is 1. The summed E-state index contributed by atoms with van der Waals surface area (Å²) >= 11 is 0. The summed E-state index contributed by atoms with van der Waals surface area (Å²) in [7, 11) is 0. The lowest BCUT2D eigenvalue weighted by atomic mass is 10.0. The Morgan fingerprint density at radius 2 is 1.65 bits per heavy atom. The highest BCUT2D eigenvalue weighted by Gasteiger charge is 2.10. The van der Waals surface area contributed by atoms with Gasteiger partial charge in [0.2, 0.25) is 0 Å². The van der Waals surface area contributed by atoms with Crippen LogP contribution in [0.25, 0.3) is 22.4 Å². The molecule has 0 fully saturated rings. The summed E-state index contributed by atoms with van der Waals surface area (Å²) in [6, 6.07) is 10.2. The van der Waals surface area contributed by atoms with E-state index in [4.69, 9.17) is 0 Å². The first-order chi connectivity index (χ1) is 9.54. The molecule has 3 rings (SSSR count). The average Bonchev–Trinajstić information content (AvgIpc) is 2.82. The second-order valence-electron chi connectivity index (χ2n) is 5.15. The Balaban J connectivity index is 2.05. The Morgan fingerprint density at radius 3 is 2.30 bits per heavy atom. The van der Waals surface area contributed by atoms with Crippen molar-refractivity contribution in [2.24, 2.45) is 0 Å². The van der Waals surface area contributed by atoms with E-state index in [0.29, 0.717) is 22.8 Å².